The van der Waals surface area contributed by atoms with Gasteiger partial charge in [0.25, 0.3) is 0 Å². The molecule has 6 heteroatoms. The first-order chi connectivity index (χ1) is 8.83. The second-order valence-corrected chi connectivity index (χ2v) is 4.42. The van der Waals surface area contributed by atoms with E-state index in [4.69, 9.17) is 0 Å². The van der Waals surface area contributed by atoms with E-state index >= 15 is 0 Å². The van der Waals surface area contributed by atoms with Gasteiger partial charge < -0.3 is 5.32 Å². The lowest BCUT2D eigenvalue weighted by Gasteiger charge is -2.08. The van der Waals surface area contributed by atoms with Gasteiger partial charge in [0.2, 0.25) is 5.91 Å². The van der Waals surface area contributed by atoms with Gasteiger partial charge in [-0.2, -0.15) is 5.21 Å². The van der Waals surface area contributed by atoms with Crippen molar-refractivity contribution in [2.75, 3.05) is 0 Å². The van der Waals surface area contributed by atoms with Crippen molar-refractivity contribution in [2.45, 2.75) is 19.4 Å². The van der Waals surface area contributed by atoms with Crippen molar-refractivity contribution in [1.29, 1.82) is 0 Å². The maximum Gasteiger partial charge on any atom is 0.224 e. The third kappa shape index (κ3) is 2.09. The number of H-pyrrole nitrogens is 1. The topological polar surface area (TPSA) is 83.6 Å². The predicted molar refractivity (Wildman–Crippen MR) is 63.4 cm³/mol. The quantitative estimate of drug-likeness (QED) is 0.808. The molecule has 0 unspecified atom stereocenters. The lowest BCUT2D eigenvalue weighted by atomic mass is 10.1. The van der Waals surface area contributed by atoms with E-state index in [-0.39, 0.29) is 11.8 Å². The van der Waals surface area contributed by atoms with Crippen LogP contribution in [0, 0.1) is 5.92 Å². The van der Waals surface area contributed by atoms with Crippen LogP contribution in [0.5, 0.6) is 0 Å². The number of tetrazole rings is 1. The van der Waals surface area contributed by atoms with Crippen LogP contribution in [0.2, 0.25) is 0 Å². The van der Waals surface area contributed by atoms with Gasteiger partial charge in [0.05, 0.1) is 6.54 Å². The summed E-state index contributed by atoms with van der Waals surface area (Å²) in [5.74, 6) is 0.573. The number of benzene rings is 1. The molecule has 1 aliphatic carbocycles. The SMILES string of the molecule is O=C(NCc1nn[nH]n1)C1Cc2ccccc2C1. The van der Waals surface area contributed by atoms with Crippen LogP contribution in [0.15, 0.2) is 24.3 Å². The van der Waals surface area contributed by atoms with E-state index in [0.717, 1.165) is 12.8 Å². The number of carbonyl (C=O) groups excluding carboxylic acids is 1. The number of hydrogen-bond acceptors (Lipinski definition) is 4. The highest BCUT2D eigenvalue weighted by molar-refractivity contribution is 5.80. The maximum atomic E-state index is 12.0. The highest BCUT2D eigenvalue weighted by Gasteiger charge is 2.26. The molecule has 1 heterocycles. The minimum absolute atomic E-state index is 0.0225. The zero-order chi connectivity index (χ0) is 12.4. The molecular weight excluding hydrogens is 230 g/mol. The molecule has 0 saturated heterocycles. The molecule has 1 aliphatic rings. The van der Waals surface area contributed by atoms with E-state index < -0.39 is 0 Å². The summed E-state index contributed by atoms with van der Waals surface area (Å²) in [5, 5.41) is 16.2. The van der Waals surface area contributed by atoms with Crippen molar-refractivity contribution in [1.82, 2.24) is 25.9 Å². The highest BCUT2D eigenvalue weighted by atomic mass is 16.1. The van der Waals surface area contributed by atoms with Crippen LogP contribution >= 0.6 is 0 Å². The van der Waals surface area contributed by atoms with Gasteiger partial charge in [-0.05, 0) is 24.0 Å². The van der Waals surface area contributed by atoms with Crippen molar-refractivity contribution in [3.8, 4) is 0 Å². The minimum atomic E-state index is 0.0225. The summed E-state index contributed by atoms with van der Waals surface area (Å²) < 4.78 is 0. The molecule has 0 atom stereocenters. The van der Waals surface area contributed by atoms with Crippen LogP contribution in [-0.4, -0.2) is 26.5 Å². The molecule has 0 saturated carbocycles. The van der Waals surface area contributed by atoms with Crippen LogP contribution in [0.4, 0.5) is 0 Å². The molecule has 2 aromatic rings. The summed E-state index contributed by atoms with van der Waals surface area (Å²) in [6.45, 7) is 0.322. The molecule has 0 fully saturated rings. The molecule has 0 aliphatic heterocycles. The molecule has 3 rings (SSSR count). The van der Waals surface area contributed by atoms with Gasteiger partial charge in [-0.1, -0.05) is 29.5 Å². The number of nitrogens with zero attached hydrogens (tertiary/aromatic N) is 3. The molecule has 1 aromatic heterocycles. The van der Waals surface area contributed by atoms with E-state index in [0.29, 0.717) is 12.4 Å². The average molecular weight is 243 g/mol. The molecule has 1 aromatic carbocycles. The number of amides is 1. The smallest absolute Gasteiger partial charge is 0.224 e. The van der Waals surface area contributed by atoms with E-state index in [9.17, 15) is 4.79 Å². The van der Waals surface area contributed by atoms with Gasteiger partial charge in [-0.25, -0.2) is 0 Å². The summed E-state index contributed by atoms with van der Waals surface area (Å²) in [5.41, 5.74) is 2.55. The number of nitrogens with one attached hydrogen (secondary N) is 2. The molecule has 92 valence electrons. The molecule has 0 radical (unpaired) electrons. The van der Waals surface area contributed by atoms with Gasteiger partial charge in [0, 0.05) is 5.92 Å². The monoisotopic (exact) mass is 243 g/mol. The Kier molecular flexibility index (Phi) is 2.76. The van der Waals surface area contributed by atoms with Gasteiger partial charge >= 0.3 is 0 Å². The third-order valence-corrected chi connectivity index (χ3v) is 3.23. The largest absolute Gasteiger partial charge is 0.348 e. The summed E-state index contributed by atoms with van der Waals surface area (Å²) >= 11 is 0. The standard InChI is InChI=1S/C12H13N5O/c18-12(13-7-11-14-16-17-15-11)10-5-8-3-1-2-4-9(8)6-10/h1-4,10H,5-7H2,(H,13,18)(H,14,15,16,17). The Morgan fingerprint density at radius 1 is 1.33 bits per heavy atom. The normalized spacial score (nSPS) is 14.4. The number of carbonyl (C=O) groups is 1. The van der Waals surface area contributed by atoms with E-state index in [2.05, 4.69) is 38.1 Å². The number of hydrogen-bond donors (Lipinski definition) is 2. The summed E-state index contributed by atoms with van der Waals surface area (Å²) in [6, 6.07) is 8.19. The number of aromatic amines is 1. The first-order valence-electron chi connectivity index (χ1n) is 5.90. The minimum Gasteiger partial charge on any atom is -0.348 e. The number of rotatable bonds is 3. The predicted octanol–water partition coefficient (Wildman–Crippen LogP) is 0.231. The van der Waals surface area contributed by atoms with Crippen LogP contribution in [0.25, 0.3) is 0 Å². The van der Waals surface area contributed by atoms with Crippen molar-refractivity contribution in [2.24, 2.45) is 5.92 Å². The van der Waals surface area contributed by atoms with Crippen LogP contribution in [0.1, 0.15) is 17.0 Å². The number of aromatic nitrogens is 4. The fraction of sp³-hybridized carbons (Fsp3) is 0.333. The Morgan fingerprint density at radius 3 is 2.67 bits per heavy atom. The molecule has 0 bridgehead atoms. The second kappa shape index (κ2) is 4.56. The Morgan fingerprint density at radius 2 is 2.06 bits per heavy atom. The molecule has 2 N–H and O–H groups in total. The van der Waals surface area contributed by atoms with E-state index in [1.165, 1.54) is 11.1 Å². The average Bonchev–Trinajstić information content (AvgIpc) is 3.04. The third-order valence-electron chi connectivity index (χ3n) is 3.23. The molecule has 6 nitrogen and oxygen atoms in total. The van der Waals surface area contributed by atoms with Crippen molar-refractivity contribution in [3.05, 3.63) is 41.2 Å². The first kappa shape index (κ1) is 10.9. The van der Waals surface area contributed by atoms with Crippen molar-refractivity contribution < 1.29 is 4.79 Å². The molecule has 1 amide bonds. The van der Waals surface area contributed by atoms with Crippen LogP contribution < -0.4 is 5.32 Å². The Labute approximate surface area is 104 Å². The molecule has 0 spiro atoms. The number of fused-ring (bicyclic) bond motifs is 1. The summed E-state index contributed by atoms with van der Waals surface area (Å²) in [6.07, 6.45) is 1.63. The first-order valence-corrected chi connectivity index (χ1v) is 5.90. The fourth-order valence-corrected chi connectivity index (χ4v) is 2.31. The summed E-state index contributed by atoms with van der Waals surface area (Å²) in [7, 11) is 0. The summed E-state index contributed by atoms with van der Waals surface area (Å²) in [4.78, 5) is 12.0. The second-order valence-electron chi connectivity index (χ2n) is 4.42. The van der Waals surface area contributed by atoms with Gasteiger partial charge in [0.1, 0.15) is 0 Å². The van der Waals surface area contributed by atoms with Gasteiger partial charge in [-0.15, -0.1) is 10.2 Å². The zero-order valence-electron chi connectivity index (χ0n) is 9.76. The fourth-order valence-electron chi connectivity index (χ4n) is 2.31. The van der Waals surface area contributed by atoms with Gasteiger partial charge in [-0.3, -0.25) is 4.79 Å². The Bertz CT molecular complexity index is 526. The Hall–Kier alpha value is -2.24. The van der Waals surface area contributed by atoms with E-state index in [1.54, 1.807) is 0 Å². The zero-order valence-corrected chi connectivity index (χ0v) is 9.76. The highest BCUT2D eigenvalue weighted by Crippen LogP contribution is 2.26. The van der Waals surface area contributed by atoms with Crippen molar-refractivity contribution in [3.63, 3.8) is 0 Å². The lowest BCUT2D eigenvalue weighted by Crippen LogP contribution is -2.31. The van der Waals surface area contributed by atoms with Crippen LogP contribution in [0.3, 0.4) is 0 Å². The van der Waals surface area contributed by atoms with E-state index in [1.807, 2.05) is 12.1 Å². The molecular formula is C12H13N5O. The maximum absolute atomic E-state index is 12.0. The van der Waals surface area contributed by atoms with Gasteiger partial charge in [0.15, 0.2) is 5.82 Å². The Balaban J connectivity index is 1.59. The van der Waals surface area contributed by atoms with Crippen molar-refractivity contribution >= 4 is 5.91 Å². The molecule has 18 heavy (non-hydrogen) atoms. The van der Waals surface area contributed by atoms with Crippen LogP contribution in [-0.2, 0) is 24.2 Å². The lowest BCUT2D eigenvalue weighted by molar-refractivity contribution is -0.124.